The van der Waals surface area contributed by atoms with Gasteiger partial charge in [-0.3, -0.25) is 4.31 Å². The minimum Gasteiger partial charge on any atom is -0.266 e. The van der Waals surface area contributed by atoms with Crippen LogP contribution in [0.4, 0.5) is 5.69 Å². The van der Waals surface area contributed by atoms with Crippen molar-refractivity contribution in [3.63, 3.8) is 0 Å². The largest absolute Gasteiger partial charge is 0.266 e. The van der Waals surface area contributed by atoms with Crippen LogP contribution in [0.25, 0.3) is 0 Å². The number of sulfonamides is 1. The molecule has 0 aliphatic rings. The Kier molecular flexibility index (Phi) is 4.81. The van der Waals surface area contributed by atoms with Gasteiger partial charge in [-0.25, -0.2) is 8.42 Å². The highest BCUT2D eigenvalue weighted by Gasteiger charge is 2.22. The maximum absolute atomic E-state index is 12.7. The second-order valence-corrected chi connectivity index (χ2v) is 6.73. The van der Waals surface area contributed by atoms with Crippen molar-refractivity contribution in [2.75, 3.05) is 10.8 Å². The van der Waals surface area contributed by atoms with Crippen LogP contribution in [-0.2, 0) is 15.8 Å². The lowest BCUT2D eigenvalue weighted by atomic mass is 10.1. The summed E-state index contributed by atoms with van der Waals surface area (Å²) < 4.78 is 26.8. The van der Waals surface area contributed by atoms with Gasteiger partial charge in [0.25, 0.3) is 0 Å². The van der Waals surface area contributed by atoms with E-state index >= 15 is 0 Å². The minimum absolute atomic E-state index is 0.0115. The lowest BCUT2D eigenvalue weighted by Crippen LogP contribution is -2.32. The first kappa shape index (κ1) is 15.3. The van der Waals surface area contributed by atoms with Crippen LogP contribution >= 0.6 is 0 Å². The molecule has 2 rings (SSSR count). The minimum atomic E-state index is -3.45. The summed E-state index contributed by atoms with van der Waals surface area (Å²) in [4.78, 5) is 0. The standard InChI is InChI=1S/C17H19NO2S/c1-3-13-18(17-11-5-4-6-12-17)21(19,20)14-16-10-8-7-9-15(16)2/h3-12H,1,13-14H2,2H3. The number of nitrogens with zero attached hydrogens (tertiary/aromatic N) is 1. The maximum Gasteiger partial charge on any atom is 0.239 e. The van der Waals surface area contributed by atoms with Crippen LogP contribution in [-0.4, -0.2) is 15.0 Å². The highest BCUT2D eigenvalue weighted by Crippen LogP contribution is 2.21. The van der Waals surface area contributed by atoms with E-state index in [0.717, 1.165) is 11.1 Å². The summed E-state index contributed by atoms with van der Waals surface area (Å²) in [5, 5.41) is 0. The molecule has 2 aromatic rings. The zero-order valence-corrected chi connectivity index (χ0v) is 12.9. The first-order chi connectivity index (χ1) is 10.0. The fraction of sp³-hybridized carbons (Fsp3) is 0.176. The lowest BCUT2D eigenvalue weighted by Gasteiger charge is -2.23. The number of aryl methyl sites for hydroxylation is 1. The molecule has 0 amide bonds. The van der Waals surface area contributed by atoms with Gasteiger partial charge in [0.05, 0.1) is 18.0 Å². The third-order valence-corrected chi connectivity index (χ3v) is 4.98. The van der Waals surface area contributed by atoms with Crippen molar-refractivity contribution in [1.29, 1.82) is 0 Å². The molecule has 0 aromatic heterocycles. The van der Waals surface area contributed by atoms with E-state index in [4.69, 9.17) is 0 Å². The van der Waals surface area contributed by atoms with Crippen LogP contribution in [0.15, 0.2) is 67.3 Å². The monoisotopic (exact) mass is 301 g/mol. The Balaban J connectivity index is 2.35. The van der Waals surface area contributed by atoms with Gasteiger partial charge in [0.2, 0.25) is 10.0 Å². The predicted molar refractivity (Wildman–Crippen MR) is 87.8 cm³/mol. The Morgan fingerprint density at radius 3 is 2.29 bits per heavy atom. The molecule has 3 nitrogen and oxygen atoms in total. The molecule has 0 radical (unpaired) electrons. The van der Waals surface area contributed by atoms with Gasteiger partial charge in [0, 0.05) is 0 Å². The van der Waals surface area contributed by atoms with Gasteiger partial charge in [-0.2, -0.15) is 0 Å². The van der Waals surface area contributed by atoms with E-state index in [-0.39, 0.29) is 12.3 Å². The second-order valence-electron chi connectivity index (χ2n) is 4.84. The van der Waals surface area contributed by atoms with Gasteiger partial charge in [-0.05, 0) is 30.2 Å². The summed E-state index contributed by atoms with van der Waals surface area (Å²) in [7, 11) is -3.45. The molecule has 0 saturated heterocycles. The van der Waals surface area contributed by atoms with E-state index in [1.807, 2.05) is 49.4 Å². The quantitative estimate of drug-likeness (QED) is 0.766. The van der Waals surface area contributed by atoms with Gasteiger partial charge < -0.3 is 0 Å². The average molecular weight is 301 g/mol. The van der Waals surface area contributed by atoms with Crippen molar-refractivity contribution < 1.29 is 8.42 Å². The first-order valence-electron chi connectivity index (χ1n) is 6.75. The summed E-state index contributed by atoms with van der Waals surface area (Å²) in [6.45, 7) is 5.84. The molecule has 110 valence electrons. The molecule has 0 fully saturated rings. The third kappa shape index (κ3) is 3.73. The molecular formula is C17H19NO2S. The molecular weight excluding hydrogens is 282 g/mol. The molecule has 0 N–H and O–H groups in total. The van der Waals surface area contributed by atoms with Crippen LogP contribution < -0.4 is 4.31 Å². The van der Waals surface area contributed by atoms with E-state index in [1.165, 1.54) is 4.31 Å². The molecule has 0 heterocycles. The second kappa shape index (κ2) is 6.59. The third-order valence-electron chi connectivity index (χ3n) is 3.27. The Labute approximate surface area is 126 Å². The van der Waals surface area contributed by atoms with E-state index < -0.39 is 10.0 Å². The zero-order chi connectivity index (χ0) is 15.3. The molecule has 0 spiro atoms. The van der Waals surface area contributed by atoms with E-state index in [2.05, 4.69) is 6.58 Å². The summed E-state index contributed by atoms with van der Waals surface area (Å²) in [5.74, 6) is -0.0115. The maximum atomic E-state index is 12.7. The Morgan fingerprint density at radius 2 is 1.67 bits per heavy atom. The van der Waals surface area contributed by atoms with Crippen molar-refractivity contribution in [1.82, 2.24) is 0 Å². The van der Waals surface area contributed by atoms with Gasteiger partial charge in [0.1, 0.15) is 0 Å². The Hall–Kier alpha value is -2.07. The van der Waals surface area contributed by atoms with E-state index in [9.17, 15) is 8.42 Å². The molecule has 0 bridgehead atoms. The van der Waals surface area contributed by atoms with Crippen LogP contribution in [0.5, 0.6) is 0 Å². The van der Waals surface area contributed by atoms with E-state index in [0.29, 0.717) is 5.69 Å². The molecule has 4 heteroatoms. The van der Waals surface area contributed by atoms with Gasteiger partial charge in [-0.1, -0.05) is 48.5 Å². The van der Waals surface area contributed by atoms with Crippen molar-refractivity contribution in [3.8, 4) is 0 Å². The number of hydrogen-bond acceptors (Lipinski definition) is 2. The van der Waals surface area contributed by atoms with Crippen LogP contribution in [0.1, 0.15) is 11.1 Å². The fourth-order valence-electron chi connectivity index (χ4n) is 2.14. The summed E-state index contributed by atoms with van der Waals surface area (Å²) >= 11 is 0. The molecule has 0 saturated carbocycles. The molecule has 0 unspecified atom stereocenters. The molecule has 0 atom stereocenters. The SMILES string of the molecule is C=CCN(c1ccccc1)S(=O)(=O)Cc1ccccc1C. The summed E-state index contributed by atoms with van der Waals surface area (Å²) in [6, 6.07) is 16.6. The number of anilines is 1. The lowest BCUT2D eigenvalue weighted by molar-refractivity contribution is 0.592. The Bertz CT molecular complexity index is 709. The Morgan fingerprint density at radius 1 is 1.05 bits per heavy atom. The fourth-order valence-corrected chi connectivity index (χ4v) is 3.79. The highest BCUT2D eigenvalue weighted by molar-refractivity contribution is 7.92. The van der Waals surface area contributed by atoms with Crippen molar-refractivity contribution >= 4 is 15.7 Å². The smallest absolute Gasteiger partial charge is 0.239 e. The van der Waals surface area contributed by atoms with Crippen molar-refractivity contribution in [2.24, 2.45) is 0 Å². The molecule has 0 aliphatic heterocycles. The predicted octanol–water partition coefficient (Wildman–Crippen LogP) is 3.52. The van der Waals surface area contributed by atoms with E-state index in [1.54, 1.807) is 18.2 Å². The molecule has 0 aliphatic carbocycles. The number of rotatable bonds is 6. The van der Waals surface area contributed by atoms with Gasteiger partial charge in [-0.15, -0.1) is 6.58 Å². The first-order valence-corrected chi connectivity index (χ1v) is 8.36. The summed E-state index contributed by atoms with van der Waals surface area (Å²) in [5.41, 5.74) is 2.46. The molecule has 21 heavy (non-hydrogen) atoms. The van der Waals surface area contributed by atoms with Crippen molar-refractivity contribution in [2.45, 2.75) is 12.7 Å². The van der Waals surface area contributed by atoms with Gasteiger partial charge >= 0.3 is 0 Å². The average Bonchev–Trinajstić information content (AvgIpc) is 2.48. The van der Waals surface area contributed by atoms with Crippen LogP contribution in [0.3, 0.4) is 0 Å². The molecule has 2 aromatic carbocycles. The number of para-hydroxylation sites is 1. The normalized spacial score (nSPS) is 11.1. The van der Waals surface area contributed by atoms with Crippen molar-refractivity contribution in [3.05, 3.63) is 78.4 Å². The van der Waals surface area contributed by atoms with Crippen LogP contribution in [0.2, 0.25) is 0 Å². The number of benzene rings is 2. The highest BCUT2D eigenvalue weighted by atomic mass is 32.2. The zero-order valence-electron chi connectivity index (χ0n) is 12.1. The van der Waals surface area contributed by atoms with Gasteiger partial charge in [0.15, 0.2) is 0 Å². The topological polar surface area (TPSA) is 37.4 Å². The number of hydrogen-bond donors (Lipinski definition) is 0. The summed E-state index contributed by atoms with van der Waals surface area (Å²) in [6.07, 6.45) is 1.60. The van der Waals surface area contributed by atoms with Crippen LogP contribution in [0, 0.1) is 6.92 Å².